The first kappa shape index (κ1) is 14.5. The van der Waals surface area contributed by atoms with Gasteiger partial charge < -0.3 is 10.1 Å². The van der Waals surface area contributed by atoms with Crippen LogP contribution in [-0.4, -0.2) is 18.7 Å². The van der Waals surface area contributed by atoms with E-state index in [9.17, 15) is 0 Å². The standard InChI is InChI=1S/C17H27NO/c1-14(2)18-12-11-15-7-9-16(10-8-15)13-19-17-5-3-4-6-17/h7-10,14,17-18H,3-6,11-13H2,1-2H3. The van der Waals surface area contributed by atoms with Crippen molar-refractivity contribution < 1.29 is 4.74 Å². The fourth-order valence-corrected chi connectivity index (χ4v) is 2.58. The summed E-state index contributed by atoms with van der Waals surface area (Å²) in [7, 11) is 0. The maximum atomic E-state index is 5.93. The third kappa shape index (κ3) is 5.33. The molecular weight excluding hydrogens is 234 g/mol. The Labute approximate surface area is 117 Å². The number of benzene rings is 1. The van der Waals surface area contributed by atoms with Crippen molar-refractivity contribution in [3.8, 4) is 0 Å². The van der Waals surface area contributed by atoms with E-state index in [1.54, 1.807) is 0 Å². The van der Waals surface area contributed by atoms with E-state index in [4.69, 9.17) is 4.74 Å². The predicted octanol–water partition coefficient (Wildman–Crippen LogP) is 3.69. The molecule has 1 aromatic rings. The summed E-state index contributed by atoms with van der Waals surface area (Å²) in [6.07, 6.45) is 6.79. The van der Waals surface area contributed by atoms with Gasteiger partial charge in [0.2, 0.25) is 0 Å². The fraction of sp³-hybridized carbons (Fsp3) is 0.647. The molecule has 0 heterocycles. The van der Waals surface area contributed by atoms with Crippen molar-refractivity contribution in [2.24, 2.45) is 0 Å². The van der Waals surface area contributed by atoms with Gasteiger partial charge in [0.15, 0.2) is 0 Å². The first-order chi connectivity index (χ1) is 9.24. The summed E-state index contributed by atoms with van der Waals surface area (Å²) in [6, 6.07) is 9.45. The Morgan fingerprint density at radius 2 is 1.74 bits per heavy atom. The Kier molecular flexibility index (Phi) is 5.87. The highest BCUT2D eigenvalue weighted by atomic mass is 16.5. The maximum absolute atomic E-state index is 5.93. The molecule has 0 unspecified atom stereocenters. The molecule has 1 fully saturated rings. The van der Waals surface area contributed by atoms with Crippen LogP contribution in [0.25, 0.3) is 0 Å². The summed E-state index contributed by atoms with van der Waals surface area (Å²) in [5, 5.41) is 3.45. The molecule has 0 bridgehead atoms. The van der Waals surface area contributed by atoms with E-state index >= 15 is 0 Å². The lowest BCUT2D eigenvalue weighted by Crippen LogP contribution is -2.24. The molecule has 1 aromatic carbocycles. The lowest BCUT2D eigenvalue weighted by Gasteiger charge is -2.11. The topological polar surface area (TPSA) is 21.3 Å². The summed E-state index contributed by atoms with van der Waals surface area (Å²) in [6.45, 7) is 6.19. The minimum absolute atomic E-state index is 0.509. The first-order valence-electron chi connectivity index (χ1n) is 7.67. The molecular formula is C17H27NO. The average molecular weight is 261 g/mol. The van der Waals surface area contributed by atoms with E-state index in [2.05, 4.69) is 43.4 Å². The molecule has 1 aliphatic rings. The van der Waals surface area contributed by atoms with Gasteiger partial charge in [-0.25, -0.2) is 0 Å². The molecule has 2 nitrogen and oxygen atoms in total. The van der Waals surface area contributed by atoms with Crippen molar-refractivity contribution in [1.82, 2.24) is 5.32 Å². The Morgan fingerprint density at radius 1 is 1.11 bits per heavy atom. The zero-order valence-electron chi connectivity index (χ0n) is 12.3. The Hall–Kier alpha value is -0.860. The molecule has 0 radical (unpaired) electrons. The molecule has 0 aliphatic heterocycles. The van der Waals surface area contributed by atoms with Gasteiger partial charge in [-0.15, -0.1) is 0 Å². The molecule has 0 spiro atoms. The predicted molar refractivity (Wildman–Crippen MR) is 80.3 cm³/mol. The van der Waals surface area contributed by atoms with E-state index < -0.39 is 0 Å². The average Bonchev–Trinajstić information content (AvgIpc) is 2.90. The SMILES string of the molecule is CC(C)NCCc1ccc(COC2CCCC2)cc1. The third-order valence-corrected chi connectivity index (χ3v) is 3.78. The second kappa shape index (κ2) is 7.66. The molecule has 0 atom stereocenters. The van der Waals surface area contributed by atoms with Gasteiger partial charge in [-0.05, 0) is 36.9 Å². The third-order valence-electron chi connectivity index (χ3n) is 3.78. The number of nitrogens with one attached hydrogen (secondary N) is 1. The van der Waals surface area contributed by atoms with E-state index in [1.165, 1.54) is 36.8 Å². The summed E-state index contributed by atoms with van der Waals surface area (Å²) in [5.41, 5.74) is 2.70. The second-order valence-electron chi connectivity index (χ2n) is 5.89. The second-order valence-corrected chi connectivity index (χ2v) is 5.89. The summed E-state index contributed by atoms with van der Waals surface area (Å²) in [4.78, 5) is 0. The maximum Gasteiger partial charge on any atom is 0.0720 e. The van der Waals surface area contributed by atoms with Gasteiger partial charge in [0, 0.05) is 6.04 Å². The van der Waals surface area contributed by atoms with E-state index in [-0.39, 0.29) is 0 Å². The van der Waals surface area contributed by atoms with Crippen LogP contribution < -0.4 is 5.32 Å². The van der Waals surface area contributed by atoms with Crippen molar-refractivity contribution in [2.75, 3.05) is 6.54 Å². The quantitative estimate of drug-likeness (QED) is 0.808. The summed E-state index contributed by atoms with van der Waals surface area (Å²) in [5.74, 6) is 0. The molecule has 2 rings (SSSR count). The smallest absolute Gasteiger partial charge is 0.0720 e. The van der Waals surface area contributed by atoms with Crippen LogP contribution in [-0.2, 0) is 17.8 Å². The molecule has 19 heavy (non-hydrogen) atoms. The molecule has 0 aromatic heterocycles. The zero-order chi connectivity index (χ0) is 13.5. The van der Waals surface area contributed by atoms with Gasteiger partial charge >= 0.3 is 0 Å². The van der Waals surface area contributed by atoms with Crippen LogP contribution in [0.15, 0.2) is 24.3 Å². The lowest BCUT2D eigenvalue weighted by atomic mass is 10.1. The molecule has 1 aliphatic carbocycles. The number of ether oxygens (including phenoxy) is 1. The monoisotopic (exact) mass is 261 g/mol. The van der Waals surface area contributed by atoms with Crippen LogP contribution in [0.1, 0.15) is 50.7 Å². The lowest BCUT2D eigenvalue weighted by molar-refractivity contribution is 0.0457. The number of hydrogen-bond acceptors (Lipinski definition) is 2. The van der Waals surface area contributed by atoms with Gasteiger partial charge in [-0.2, -0.15) is 0 Å². The van der Waals surface area contributed by atoms with Crippen LogP contribution in [0, 0.1) is 0 Å². The molecule has 0 amide bonds. The van der Waals surface area contributed by atoms with Crippen molar-refractivity contribution in [2.45, 2.75) is 64.7 Å². The largest absolute Gasteiger partial charge is 0.374 e. The van der Waals surface area contributed by atoms with Crippen LogP contribution in [0.4, 0.5) is 0 Å². The van der Waals surface area contributed by atoms with Crippen LogP contribution in [0.3, 0.4) is 0 Å². The van der Waals surface area contributed by atoms with E-state index in [1.807, 2.05) is 0 Å². The Morgan fingerprint density at radius 3 is 2.37 bits per heavy atom. The minimum Gasteiger partial charge on any atom is -0.374 e. The number of rotatable bonds is 7. The highest BCUT2D eigenvalue weighted by molar-refractivity contribution is 5.22. The van der Waals surface area contributed by atoms with Crippen molar-refractivity contribution in [3.05, 3.63) is 35.4 Å². The van der Waals surface area contributed by atoms with Crippen LogP contribution in [0.2, 0.25) is 0 Å². The van der Waals surface area contributed by atoms with Crippen LogP contribution >= 0.6 is 0 Å². The van der Waals surface area contributed by atoms with E-state index in [0.29, 0.717) is 12.1 Å². The normalized spacial score (nSPS) is 16.4. The molecule has 0 saturated heterocycles. The van der Waals surface area contributed by atoms with E-state index in [0.717, 1.165) is 19.6 Å². The zero-order valence-corrected chi connectivity index (χ0v) is 12.3. The summed E-state index contributed by atoms with van der Waals surface area (Å²) >= 11 is 0. The molecule has 106 valence electrons. The molecule has 2 heteroatoms. The van der Waals surface area contributed by atoms with Gasteiger partial charge in [0.1, 0.15) is 0 Å². The van der Waals surface area contributed by atoms with Gasteiger partial charge in [-0.3, -0.25) is 0 Å². The van der Waals surface area contributed by atoms with Crippen molar-refractivity contribution in [1.29, 1.82) is 0 Å². The van der Waals surface area contributed by atoms with Crippen molar-refractivity contribution in [3.63, 3.8) is 0 Å². The highest BCUT2D eigenvalue weighted by Gasteiger charge is 2.14. The van der Waals surface area contributed by atoms with Crippen LogP contribution in [0.5, 0.6) is 0 Å². The molecule has 1 saturated carbocycles. The summed E-state index contributed by atoms with van der Waals surface area (Å²) < 4.78 is 5.93. The Bertz CT molecular complexity index is 352. The highest BCUT2D eigenvalue weighted by Crippen LogP contribution is 2.22. The fourth-order valence-electron chi connectivity index (χ4n) is 2.58. The molecule has 1 N–H and O–H groups in total. The van der Waals surface area contributed by atoms with Gasteiger partial charge in [0.05, 0.1) is 12.7 Å². The Balaban J connectivity index is 1.71. The number of hydrogen-bond donors (Lipinski definition) is 1. The van der Waals surface area contributed by atoms with Crippen molar-refractivity contribution >= 4 is 0 Å². The van der Waals surface area contributed by atoms with Gasteiger partial charge in [0.25, 0.3) is 0 Å². The minimum atomic E-state index is 0.509. The first-order valence-corrected chi connectivity index (χ1v) is 7.67. The van der Waals surface area contributed by atoms with Gasteiger partial charge in [-0.1, -0.05) is 51.0 Å².